The van der Waals surface area contributed by atoms with Crippen molar-refractivity contribution in [3.8, 4) is 0 Å². The second kappa shape index (κ2) is 5.78. The maximum atomic E-state index is 12.6. The standard InChI is InChI=1S/C16H19ClN2O2/c1-11-5-7-18(8-6-11)14-10-15(20)19(16(14)21)13-4-2-3-12(17)9-13/h2-4,9,11,14H,5-8,10H2,1H3. The number of nitrogens with zero attached hydrogens (tertiary/aromatic N) is 2. The monoisotopic (exact) mass is 306 g/mol. The van der Waals surface area contributed by atoms with Crippen LogP contribution in [0.15, 0.2) is 24.3 Å². The lowest BCUT2D eigenvalue weighted by Crippen LogP contribution is -2.45. The van der Waals surface area contributed by atoms with Gasteiger partial charge in [0.1, 0.15) is 0 Å². The third-order valence-electron chi connectivity index (χ3n) is 4.45. The molecule has 0 aliphatic carbocycles. The van der Waals surface area contributed by atoms with E-state index in [1.54, 1.807) is 24.3 Å². The number of rotatable bonds is 2. The van der Waals surface area contributed by atoms with Crippen LogP contribution in [0.1, 0.15) is 26.2 Å². The molecule has 2 heterocycles. The van der Waals surface area contributed by atoms with Crippen LogP contribution in [0.2, 0.25) is 5.02 Å². The highest BCUT2D eigenvalue weighted by atomic mass is 35.5. The van der Waals surface area contributed by atoms with Gasteiger partial charge in [-0.2, -0.15) is 0 Å². The minimum absolute atomic E-state index is 0.114. The van der Waals surface area contributed by atoms with E-state index in [1.807, 2.05) is 0 Å². The summed E-state index contributed by atoms with van der Waals surface area (Å²) in [6, 6.07) is 6.61. The number of amides is 2. The van der Waals surface area contributed by atoms with Crippen molar-refractivity contribution >= 4 is 29.1 Å². The highest BCUT2D eigenvalue weighted by Crippen LogP contribution is 2.29. The minimum Gasteiger partial charge on any atom is -0.292 e. The molecule has 0 spiro atoms. The van der Waals surface area contributed by atoms with Crippen LogP contribution < -0.4 is 4.90 Å². The summed E-state index contributed by atoms with van der Waals surface area (Å²) in [4.78, 5) is 28.3. The van der Waals surface area contributed by atoms with E-state index in [2.05, 4.69) is 11.8 Å². The maximum absolute atomic E-state index is 12.6. The number of halogens is 1. The predicted octanol–water partition coefficient (Wildman–Crippen LogP) is 2.70. The third kappa shape index (κ3) is 2.83. The molecule has 2 amide bonds. The number of hydrogen-bond donors (Lipinski definition) is 0. The number of hydrogen-bond acceptors (Lipinski definition) is 3. The van der Waals surface area contributed by atoms with E-state index in [-0.39, 0.29) is 24.3 Å². The van der Waals surface area contributed by atoms with E-state index in [9.17, 15) is 9.59 Å². The zero-order chi connectivity index (χ0) is 15.0. The van der Waals surface area contributed by atoms with Crippen LogP contribution in [-0.2, 0) is 9.59 Å². The molecular weight excluding hydrogens is 288 g/mol. The summed E-state index contributed by atoms with van der Waals surface area (Å²) in [5.41, 5.74) is 0.574. The van der Waals surface area contributed by atoms with Crippen LogP contribution in [0.3, 0.4) is 0 Å². The molecule has 1 aromatic carbocycles. The summed E-state index contributed by atoms with van der Waals surface area (Å²) in [5, 5.41) is 0.531. The Labute approximate surface area is 129 Å². The Balaban J connectivity index is 1.79. The molecule has 3 rings (SSSR count). The molecule has 0 N–H and O–H groups in total. The molecule has 2 aliphatic heterocycles. The first-order chi connectivity index (χ1) is 10.1. The quantitative estimate of drug-likeness (QED) is 0.789. The smallest absolute Gasteiger partial charge is 0.251 e. The van der Waals surface area contributed by atoms with Crippen molar-refractivity contribution in [3.63, 3.8) is 0 Å². The summed E-state index contributed by atoms with van der Waals surface area (Å²) in [6.45, 7) is 4.03. The molecule has 2 fully saturated rings. The van der Waals surface area contributed by atoms with E-state index in [1.165, 1.54) is 4.90 Å². The van der Waals surface area contributed by atoms with Gasteiger partial charge in [0.25, 0.3) is 5.91 Å². The van der Waals surface area contributed by atoms with Crippen LogP contribution in [0.5, 0.6) is 0 Å². The van der Waals surface area contributed by atoms with Gasteiger partial charge in [0.2, 0.25) is 5.91 Å². The minimum atomic E-state index is -0.302. The van der Waals surface area contributed by atoms with E-state index < -0.39 is 0 Å². The highest BCUT2D eigenvalue weighted by Gasteiger charge is 2.43. The summed E-state index contributed by atoms with van der Waals surface area (Å²) in [6.07, 6.45) is 2.46. The lowest BCUT2D eigenvalue weighted by atomic mass is 9.97. The molecule has 2 aliphatic rings. The Morgan fingerprint density at radius 3 is 2.57 bits per heavy atom. The van der Waals surface area contributed by atoms with Crippen molar-refractivity contribution < 1.29 is 9.59 Å². The molecule has 0 aromatic heterocycles. The Bertz CT molecular complexity index is 567. The number of imide groups is 1. The fourth-order valence-corrected chi connectivity index (χ4v) is 3.31. The van der Waals surface area contributed by atoms with Crippen LogP contribution in [0.25, 0.3) is 0 Å². The van der Waals surface area contributed by atoms with Gasteiger partial charge in [-0.25, -0.2) is 4.90 Å². The van der Waals surface area contributed by atoms with Gasteiger partial charge in [-0.05, 0) is 50.0 Å². The molecule has 4 nitrogen and oxygen atoms in total. The molecule has 5 heteroatoms. The molecule has 21 heavy (non-hydrogen) atoms. The molecule has 1 aromatic rings. The van der Waals surface area contributed by atoms with Crippen molar-refractivity contribution in [3.05, 3.63) is 29.3 Å². The fourth-order valence-electron chi connectivity index (χ4n) is 3.13. The van der Waals surface area contributed by atoms with Crippen molar-refractivity contribution in [1.29, 1.82) is 0 Å². The molecule has 0 bridgehead atoms. The van der Waals surface area contributed by atoms with Crippen LogP contribution in [0.4, 0.5) is 5.69 Å². The van der Waals surface area contributed by atoms with Gasteiger partial charge in [-0.1, -0.05) is 24.6 Å². The van der Waals surface area contributed by atoms with Crippen LogP contribution >= 0.6 is 11.6 Å². The first-order valence-electron chi connectivity index (χ1n) is 7.42. The van der Waals surface area contributed by atoms with Crippen LogP contribution in [0, 0.1) is 5.92 Å². The molecule has 2 saturated heterocycles. The van der Waals surface area contributed by atoms with Gasteiger partial charge in [-0.15, -0.1) is 0 Å². The summed E-state index contributed by atoms with van der Waals surface area (Å²) < 4.78 is 0. The summed E-state index contributed by atoms with van der Waals surface area (Å²) >= 11 is 5.96. The first-order valence-corrected chi connectivity index (χ1v) is 7.80. The molecule has 0 radical (unpaired) electrons. The molecule has 1 unspecified atom stereocenters. The SMILES string of the molecule is CC1CCN(C2CC(=O)N(c3cccc(Cl)c3)C2=O)CC1. The Kier molecular flexibility index (Phi) is 4.00. The molecule has 1 atom stereocenters. The first kappa shape index (κ1) is 14.5. The molecular formula is C16H19ClN2O2. The normalized spacial score (nSPS) is 24.9. The van der Waals surface area contributed by atoms with E-state index in [4.69, 9.17) is 11.6 Å². The van der Waals surface area contributed by atoms with Crippen molar-refractivity contribution in [2.75, 3.05) is 18.0 Å². The summed E-state index contributed by atoms with van der Waals surface area (Å²) in [5.74, 6) is 0.459. The zero-order valence-corrected chi connectivity index (χ0v) is 12.8. The lowest BCUT2D eigenvalue weighted by Gasteiger charge is -2.33. The second-order valence-electron chi connectivity index (χ2n) is 5.99. The van der Waals surface area contributed by atoms with E-state index in [0.717, 1.165) is 25.9 Å². The van der Waals surface area contributed by atoms with Gasteiger partial charge >= 0.3 is 0 Å². The fraction of sp³-hybridized carbons (Fsp3) is 0.500. The highest BCUT2D eigenvalue weighted by molar-refractivity contribution is 6.31. The van der Waals surface area contributed by atoms with Crippen molar-refractivity contribution in [2.45, 2.75) is 32.2 Å². The van der Waals surface area contributed by atoms with Crippen molar-refractivity contribution in [1.82, 2.24) is 4.90 Å². The third-order valence-corrected chi connectivity index (χ3v) is 4.68. The number of anilines is 1. The largest absolute Gasteiger partial charge is 0.292 e. The number of benzene rings is 1. The topological polar surface area (TPSA) is 40.6 Å². The maximum Gasteiger partial charge on any atom is 0.251 e. The average molecular weight is 307 g/mol. The number of carbonyl (C=O) groups excluding carboxylic acids is 2. The van der Waals surface area contributed by atoms with Gasteiger partial charge in [0, 0.05) is 5.02 Å². The Morgan fingerprint density at radius 2 is 1.90 bits per heavy atom. The van der Waals surface area contributed by atoms with Gasteiger partial charge in [0.05, 0.1) is 18.2 Å². The van der Waals surface area contributed by atoms with Crippen molar-refractivity contribution in [2.24, 2.45) is 5.92 Å². The van der Waals surface area contributed by atoms with Crippen LogP contribution in [-0.4, -0.2) is 35.8 Å². The zero-order valence-electron chi connectivity index (χ0n) is 12.1. The summed E-state index contributed by atoms with van der Waals surface area (Å²) in [7, 11) is 0. The number of piperidine rings is 1. The molecule has 0 saturated carbocycles. The average Bonchev–Trinajstić information content (AvgIpc) is 2.75. The van der Waals surface area contributed by atoms with Gasteiger partial charge in [-0.3, -0.25) is 14.5 Å². The van der Waals surface area contributed by atoms with E-state index in [0.29, 0.717) is 16.6 Å². The second-order valence-corrected chi connectivity index (χ2v) is 6.42. The predicted molar refractivity (Wildman–Crippen MR) is 82.3 cm³/mol. The van der Waals surface area contributed by atoms with Gasteiger partial charge in [0.15, 0.2) is 0 Å². The lowest BCUT2D eigenvalue weighted by molar-refractivity contribution is -0.123. The number of carbonyl (C=O) groups is 2. The van der Waals surface area contributed by atoms with E-state index >= 15 is 0 Å². The molecule has 112 valence electrons. The van der Waals surface area contributed by atoms with Gasteiger partial charge < -0.3 is 0 Å². The Morgan fingerprint density at radius 1 is 1.19 bits per heavy atom. The number of likely N-dealkylation sites (tertiary alicyclic amines) is 1. The Hall–Kier alpha value is -1.39.